The van der Waals surface area contributed by atoms with E-state index in [1.807, 2.05) is 12.1 Å². The Labute approximate surface area is 114 Å². The average Bonchev–Trinajstić information content (AvgIpc) is 3.10. The molecule has 19 heavy (non-hydrogen) atoms. The van der Waals surface area contributed by atoms with E-state index in [0.29, 0.717) is 22.4 Å². The molecule has 0 aliphatic carbocycles. The normalized spacial score (nSPS) is 12.5. The molecule has 3 aromatic rings. The third kappa shape index (κ3) is 2.38. The molecule has 0 fully saturated rings. The summed E-state index contributed by atoms with van der Waals surface area (Å²) >= 11 is 5.85. The highest BCUT2D eigenvalue weighted by molar-refractivity contribution is 6.30. The second-order valence-electron chi connectivity index (χ2n) is 4.05. The van der Waals surface area contributed by atoms with Crippen molar-refractivity contribution >= 4 is 11.6 Å². The van der Waals surface area contributed by atoms with E-state index in [-0.39, 0.29) is 6.04 Å². The molecule has 0 bridgehead atoms. The van der Waals surface area contributed by atoms with Crippen molar-refractivity contribution < 1.29 is 4.42 Å². The molecule has 0 unspecified atom stereocenters. The molecular formula is C13H11ClN4O. The lowest BCUT2D eigenvalue weighted by Gasteiger charge is -2.08. The van der Waals surface area contributed by atoms with E-state index in [0.717, 1.165) is 5.56 Å². The number of furan rings is 1. The van der Waals surface area contributed by atoms with Crippen LogP contribution in [0.5, 0.6) is 0 Å². The van der Waals surface area contributed by atoms with Crippen LogP contribution in [-0.4, -0.2) is 15.2 Å². The SMILES string of the molecule is N[C@@H](c1ccc(Cl)cc1)c1nc(-c2ccco2)n[nH]1. The Morgan fingerprint density at radius 1 is 1.21 bits per heavy atom. The van der Waals surface area contributed by atoms with Gasteiger partial charge in [0.2, 0.25) is 5.82 Å². The van der Waals surface area contributed by atoms with E-state index in [9.17, 15) is 0 Å². The number of nitrogens with one attached hydrogen (secondary N) is 1. The fraction of sp³-hybridized carbons (Fsp3) is 0.0769. The summed E-state index contributed by atoms with van der Waals surface area (Å²) in [4.78, 5) is 4.33. The third-order valence-corrected chi connectivity index (χ3v) is 3.02. The Kier molecular flexibility index (Phi) is 3.06. The van der Waals surface area contributed by atoms with Gasteiger partial charge in [0.1, 0.15) is 5.82 Å². The molecule has 5 nitrogen and oxygen atoms in total. The van der Waals surface area contributed by atoms with Crippen molar-refractivity contribution in [3.05, 3.63) is 59.1 Å². The van der Waals surface area contributed by atoms with Crippen LogP contribution in [0.4, 0.5) is 0 Å². The first kappa shape index (κ1) is 12.0. The molecule has 1 aromatic carbocycles. The van der Waals surface area contributed by atoms with E-state index in [4.69, 9.17) is 21.8 Å². The van der Waals surface area contributed by atoms with Gasteiger partial charge < -0.3 is 10.2 Å². The Balaban J connectivity index is 1.88. The maximum absolute atomic E-state index is 6.13. The molecule has 0 aliphatic rings. The topological polar surface area (TPSA) is 80.7 Å². The standard InChI is InChI=1S/C13H11ClN4O/c14-9-5-3-8(4-6-9)11(15)13-16-12(17-18-13)10-2-1-7-19-10/h1-7,11H,15H2,(H,16,17,18)/t11-/m0/s1. The summed E-state index contributed by atoms with van der Waals surface area (Å²) in [5, 5.41) is 7.59. The summed E-state index contributed by atoms with van der Waals surface area (Å²) in [6.45, 7) is 0. The van der Waals surface area contributed by atoms with E-state index >= 15 is 0 Å². The highest BCUT2D eigenvalue weighted by atomic mass is 35.5. The van der Waals surface area contributed by atoms with E-state index in [1.54, 1.807) is 30.5 Å². The number of aromatic amines is 1. The Morgan fingerprint density at radius 2 is 2.00 bits per heavy atom. The minimum Gasteiger partial charge on any atom is -0.461 e. The number of nitrogens with two attached hydrogens (primary N) is 1. The first-order valence-electron chi connectivity index (χ1n) is 5.71. The highest BCUT2D eigenvalue weighted by Gasteiger charge is 2.15. The van der Waals surface area contributed by atoms with Gasteiger partial charge in [-0.1, -0.05) is 23.7 Å². The van der Waals surface area contributed by atoms with Crippen LogP contribution in [0.1, 0.15) is 17.4 Å². The van der Waals surface area contributed by atoms with Gasteiger partial charge in [-0.05, 0) is 29.8 Å². The molecule has 1 atom stereocenters. The number of hydrogen-bond donors (Lipinski definition) is 2. The molecule has 96 valence electrons. The molecule has 0 spiro atoms. The van der Waals surface area contributed by atoms with Gasteiger partial charge in [0, 0.05) is 5.02 Å². The number of nitrogens with zero attached hydrogens (tertiary/aromatic N) is 2. The van der Waals surface area contributed by atoms with Gasteiger partial charge in [-0.15, -0.1) is 5.10 Å². The molecule has 3 rings (SSSR count). The van der Waals surface area contributed by atoms with Crippen molar-refractivity contribution in [2.24, 2.45) is 5.73 Å². The largest absolute Gasteiger partial charge is 0.461 e. The van der Waals surface area contributed by atoms with Crippen LogP contribution in [0.2, 0.25) is 5.02 Å². The number of aromatic nitrogens is 3. The fourth-order valence-electron chi connectivity index (χ4n) is 1.76. The molecule has 2 heterocycles. The van der Waals surface area contributed by atoms with Gasteiger partial charge in [0.25, 0.3) is 0 Å². The maximum Gasteiger partial charge on any atom is 0.216 e. The summed E-state index contributed by atoms with van der Waals surface area (Å²) in [6.07, 6.45) is 1.57. The van der Waals surface area contributed by atoms with Gasteiger partial charge in [-0.3, -0.25) is 5.10 Å². The maximum atomic E-state index is 6.13. The van der Waals surface area contributed by atoms with Gasteiger partial charge in [-0.2, -0.15) is 0 Å². The van der Waals surface area contributed by atoms with Crippen molar-refractivity contribution in [2.45, 2.75) is 6.04 Å². The molecule has 0 saturated heterocycles. The molecule has 6 heteroatoms. The number of H-pyrrole nitrogens is 1. The Morgan fingerprint density at radius 3 is 2.68 bits per heavy atom. The molecular weight excluding hydrogens is 264 g/mol. The number of hydrogen-bond acceptors (Lipinski definition) is 4. The van der Waals surface area contributed by atoms with Crippen molar-refractivity contribution in [1.82, 2.24) is 15.2 Å². The predicted molar refractivity (Wildman–Crippen MR) is 71.6 cm³/mol. The number of halogens is 1. The lowest BCUT2D eigenvalue weighted by molar-refractivity contribution is 0.577. The van der Waals surface area contributed by atoms with Gasteiger partial charge in [0.15, 0.2) is 5.76 Å². The monoisotopic (exact) mass is 274 g/mol. The van der Waals surface area contributed by atoms with E-state index < -0.39 is 0 Å². The Hall–Kier alpha value is -2.11. The second kappa shape index (κ2) is 4.87. The van der Waals surface area contributed by atoms with Crippen LogP contribution >= 0.6 is 11.6 Å². The lowest BCUT2D eigenvalue weighted by Crippen LogP contribution is -2.13. The van der Waals surface area contributed by atoms with Crippen LogP contribution in [-0.2, 0) is 0 Å². The number of benzene rings is 1. The van der Waals surface area contributed by atoms with Crippen LogP contribution < -0.4 is 5.73 Å². The van der Waals surface area contributed by atoms with Crippen LogP contribution in [0.3, 0.4) is 0 Å². The number of rotatable bonds is 3. The van der Waals surface area contributed by atoms with E-state index in [1.165, 1.54) is 0 Å². The van der Waals surface area contributed by atoms with Gasteiger partial charge in [-0.25, -0.2) is 4.98 Å². The summed E-state index contributed by atoms with van der Waals surface area (Å²) in [5.74, 6) is 1.67. The zero-order chi connectivity index (χ0) is 13.2. The molecule has 2 aromatic heterocycles. The van der Waals surface area contributed by atoms with E-state index in [2.05, 4.69) is 15.2 Å². The molecule has 0 saturated carbocycles. The van der Waals surface area contributed by atoms with Gasteiger partial charge >= 0.3 is 0 Å². The molecule has 0 radical (unpaired) electrons. The summed E-state index contributed by atoms with van der Waals surface area (Å²) in [7, 11) is 0. The highest BCUT2D eigenvalue weighted by Crippen LogP contribution is 2.21. The Bertz CT molecular complexity index is 660. The summed E-state index contributed by atoms with van der Waals surface area (Å²) in [6, 6.07) is 10.5. The summed E-state index contributed by atoms with van der Waals surface area (Å²) < 4.78 is 5.23. The molecule has 3 N–H and O–H groups in total. The zero-order valence-corrected chi connectivity index (χ0v) is 10.6. The molecule has 0 aliphatic heterocycles. The predicted octanol–water partition coefficient (Wildman–Crippen LogP) is 2.77. The molecule has 0 amide bonds. The quantitative estimate of drug-likeness (QED) is 0.769. The second-order valence-corrected chi connectivity index (χ2v) is 4.49. The first-order valence-corrected chi connectivity index (χ1v) is 6.09. The first-order chi connectivity index (χ1) is 9.24. The fourth-order valence-corrected chi connectivity index (χ4v) is 1.88. The summed E-state index contributed by atoms with van der Waals surface area (Å²) in [5.41, 5.74) is 7.03. The van der Waals surface area contributed by atoms with Crippen molar-refractivity contribution in [2.75, 3.05) is 0 Å². The zero-order valence-electron chi connectivity index (χ0n) is 9.88. The smallest absolute Gasteiger partial charge is 0.216 e. The van der Waals surface area contributed by atoms with Gasteiger partial charge in [0.05, 0.1) is 12.3 Å². The average molecular weight is 275 g/mol. The van der Waals surface area contributed by atoms with Crippen molar-refractivity contribution in [3.8, 4) is 11.6 Å². The minimum atomic E-state index is -0.381. The third-order valence-electron chi connectivity index (χ3n) is 2.77. The lowest BCUT2D eigenvalue weighted by atomic mass is 10.1. The minimum absolute atomic E-state index is 0.381. The van der Waals surface area contributed by atoms with Crippen LogP contribution in [0.15, 0.2) is 47.1 Å². The van der Waals surface area contributed by atoms with Crippen molar-refractivity contribution in [3.63, 3.8) is 0 Å². The van der Waals surface area contributed by atoms with Crippen molar-refractivity contribution in [1.29, 1.82) is 0 Å². The van der Waals surface area contributed by atoms with Crippen LogP contribution in [0.25, 0.3) is 11.6 Å². The van der Waals surface area contributed by atoms with Crippen LogP contribution in [0, 0.1) is 0 Å².